The Morgan fingerprint density at radius 1 is 0.923 bits per heavy atom. The van der Waals surface area contributed by atoms with E-state index in [1.807, 2.05) is 0 Å². The van der Waals surface area contributed by atoms with Crippen molar-refractivity contribution in [3.05, 3.63) is 12.2 Å². The third kappa shape index (κ3) is 1.98. The zero-order chi connectivity index (χ0) is 9.10. The third-order valence-corrected chi connectivity index (χ3v) is 4.07. The Labute approximate surface area is 82.4 Å². The van der Waals surface area contributed by atoms with Gasteiger partial charge in [0.15, 0.2) is 0 Å². The van der Waals surface area contributed by atoms with Crippen molar-refractivity contribution in [1.82, 2.24) is 0 Å². The second kappa shape index (κ2) is 4.30. The summed E-state index contributed by atoms with van der Waals surface area (Å²) in [5.41, 5.74) is 0. The van der Waals surface area contributed by atoms with Gasteiger partial charge >= 0.3 is 0 Å². The maximum atomic E-state index is 2.47. The standard InChI is InChI=1S/C13H22/c1-2-6-11-8-5-9-12-7-3-4-10-13(11)12/h2,6,11-13H,3-5,7-10H2,1H3/t11-,12+,13?/m0/s1. The van der Waals surface area contributed by atoms with Crippen LogP contribution in [-0.4, -0.2) is 0 Å². The molecule has 1 unspecified atom stereocenters. The highest BCUT2D eigenvalue weighted by molar-refractivity contribution is 4.95. The average molecular weight is 178 g/mol. The minimum Gasteiger partial charge on any atom is -0.0914 e. The normalized spacial score (nSPS) is 40.5. The second-order valence-corrected chi connectivity index (χ2v) is 4.83. The van der Waals surface area contributed by atoms with Gasteiger partial charge in [-0.25, -0.2) is 0 Å². The Balaban J connectivity index is 2.02. The van der Waals surface area contributed by atoms with Crippen LogP contribution in [0, 0.1) is 17.8 Å². The van der Waals surface area contributed by atoms with Gasteiger partial charge in [0.05, 0.1) is 0 Å². The van der Waals surface area contributed by atoms with Gasteiger partial charge in [-0.3, -0.25) is 0 Å². The van der Waals surface area contributed by atoms with Gasteiger partial charge in [0.25, 0.3) is 0 Å². The van der Waals surface area contributed by atoms with Gasteiger partial charge in [0.1, 0.15) is 0 Å². The third-order valence-electron chi connectivity index (χ3n) is 4.07. The van der Waals surface area contributed by atoms with E-state index in [4.69, 9.17) is 0 Å². The molecule has 2 aliphatic rings. The van der Waals surface area contributed by atoms with Crippen molar-refractivity contribution in [3.63, 3.8) is 0 Å². The topological polar surface area (TPSA) is 0 Å². The maximum absolute atomic E-state index is 2.47. The first-order valence-corrected chi connectivity index (χ1v) is 6.04. The molecule has 0 heteroatoms. The molecule has 0 saturated heterocycles. The molecular formula is C13H22. The molecule has 2 saturated carbocycles. The van der Waals surface area contributed by atoms with Crippen molar-refractivity contribution in [2.45, 2.75) is 51.9 Å². The molecule has 0 aromatic carbocycles. The second-order valence-electron chi connectivity index (χ2n) is 4.83. The van der Waals surface area contributed by atoms with E-state index in [0.29, 0.717) is 0 Å². The predicted molar refractivity (Wildman–Crippen MR) is 57.6 cm³/mol. The Morgan fingerprint density at radius 3 is 2.54 bits per heavy atom. The van der Waals surface area contributed by atoms with E-state index < -0.39 is 0 Å². The molecule has 74 valence electrons. The molecule has 2 fully saturated rings. The van der Waals surface area contributed by atoms with E-state index in [-0.39, 0.29) is 0 Å². The van der Waals surface area contributed by atoms with Crippen molar-refractivity contribution in [1.29, 1.82) is 0 Å². The molecule has 0 aliphatic heterocycles. The number of hydrogen-bond acceptors (Lipinski definition) is 0. The molecule has 3 atom stereocenters. The highest BCUT2D eigenvalue weighted by atomic mass is 14.4. The SMILES string of the molecule is CC=C[C@H]1CCC[C@H]2CCCCC21. The van der Waals surface area contributed by atoms with Crippen LogP contribution < -0.4 is 0 Å². The molecule has 0 N–H and O–H groups in total. The van der Waals surface area contributed by atoms with Gasteiger partial charge in [-0.1, -0.05) is 44.3 Å². The zero-order valence-electron chi connectivity index (χ0n) is 8.84. The lowest BCUT2D eigenvalue weighted by molar-refractivity contribution is 0.130. The summed E-state index contributed by atoms with van der Waals surface area (Å²) in [7, 11) is 0. The Bertz CT molecular complexity index is 178. The van der Waals surface area contributed by atoms with Crippen molar-refractivity contribution in [2.24, 2.45) is 17.8 Å². The smallest absolute Gasteiger partial charge is 0.0203 e. The zero-order valence-corrected chi connectivity index (χ0v) is 8.84. The maximum Gasteiger partial charge on any atom is -0.0203 e. The highest BCUT2D eigenvalue weighted by Crippen LogP contribution is 2.44. The van der Waals surface area contributed by atoms with Crippen LogP contribution in [0.15, 0.2) is 12.2 Å². The largest absolute Gasteiger partial charge is 0.0914 e. The molecular weight excluding hydrogens is 156 g/mol. The van der Waals surface area contributed by atoms with Gasteiger partial charge in [-0.15, -0.1) is 0 Å². The minimum absolute atomic E-state index is 0.934. The lowest BCUT2D eigenvalue weighted by Gasteiger charge is -2.40. The molecule has 0 heterocycles. The van der Waals surface area contributed by atoms with E-state index in [2.05, 4.69) is 19.1 Å². The molecule has 2 rings (SSSR count). The number of fused-ring (bicyclic) bond motifs is 1. The quantitative estimate of drug-likeness (QED) is 0.529. The van der Waals surface area contributed by atoms with Crippen LogP contribution in [0.3, 0.4) is 0 Å². The molecule has 0 amide bonds. The molecule has 2 aliphatic carbocycles. The summed E-state index contributed by atoms with van der Waals surface area (Å²) in [5, 5.41) is 0. The fraction of sp³-hybridized carbons (Fsp3) is 0.846. The van der Waals surface area contributed by atoms with Crippen LogP contribution in [-0.2, 0) is 0 Å². The molecule has 13 heavy (non-hydrogen) atoms. The molecule has 0 spiro atoms. The lowest BCUT2D eigenvalue weighted by atomic mass is 9.65. The van der Waals surface area contributed by atoms with E-state index in [1.54, 1.807) is 0 Å². The van der Waals surface area contributed by atoms with Crippen LogP contribution in [0.2, 0.25) is 0 Å². The van der Waals surface area contributed by atoms with Crippen LogP contribution in [0.1, 0.15) is 51.9 Å². The monoisotopic (exact) mass is 178 g/mol. The van der Waals surface area contributed by atoms with Gasteiger partial charge in [0, 0.05) is 0 Å². The van der Waals surface area contributed by atoms with Crippen LogP contribution in [0.4, 0.5) is 0 Å². The Kier molecular flexibility index (Phi) is 3.08. The van der Waals surface area contributed by atoms with Gasteiger partial charge in [-0.05, 0) is 37.5 Å². The summed E-state index contributed by atoms with van der Waals surface area (Å²) >= 11 is 0. The van der Waals surface area contributed by atoms with Gasteiger partial charge in [-0.2, -0.15) is 0 Å². The van der Waals surface area contributed by atoms with E-state index in [9.17, 15) is 0 Å². The van der Waals surface area contributed by atoms with E-state index in [0.717, 1.165) is 17.8 Å². The van der Waals surface area contributed by atoms with Gasteiger partial charge in [0.2, 0.25) is 0 Å². The average Bonchev–Trinajstić information content (AvgIpc) is 2.19. The molecule has 0 radical (unpaired) electrons. The fourth-order valence-corrected chi connectivity index (χ4v) is 3.47. The summed E-state index contributed by atoms with van der Waals surface area (Å²) in [5.74, 6) is 3.08. The predicted octanol–water partition coefficient (Wildman–Crippen LogP) is 4.17. The first-order chi connectivity index (χ1) is 6.42. The van der Waals surface area contributed by atoms with Gasteiger partial charge < -0.3 is 0 Å². The number of rotatable bonds is 1. The Hall–Kier alpha value is -0.260. The summed E-state index contributed by atoms with van der Waals surface area (Å²) < 4.78 is 0. The molecule has 0 aromatic rings. The first kappa shape index (κ1) is 9.30. The van der Waals surface area contributed by atoms with Crippen molar-refractivity contribution in [2.75, 3.05) is 0 Å². The lowest BCUT2D eigenvalue weighted by Crippen LogP contribution is -2.29. The van der Waals surface area contributed by atoms with Crippen LogP contribution in [0.5, 0.6) is 0 Å². The highest BCUT2D eigenvalue weighted by Gasteiger charge is 2.32. The molecule has 0 bridgehead atoms. The van der Waals surface area contributed by atoms with E-state index in [1.165, 1.54) is 44.9 Å². The van der Waals surface area contributed by atoms with Crippen molar-refractivity contribution < 1.29 is 0 Å². The van der Waals surface area contributed by atoms with Crippen LogP contribution >= 0.6 is 0 Å². The summed E-state index contributed by atoms with van der Waals surface area (Å²) in [4.78, 5) is 0. The molecule has 0 aromatic heterocycles. The minimum atomic E-state index is 0.934. The number of allylic oxidation sites excluding steroid dienone is 2. The summed E-state index contributed by atoms with van der Waals surface area (Å²) in [6.45, 7) is 2.17. The molecule has 0 nitrogen and oxygen atoms in total. The van der Waals surface area contributed by atoms with Crippen LogP contribution in [0.25, 0.3) is 0 Å². The first-order valence-electron chi connectivity index (χ1n) is 6.04. The van der Waals surface area contributed by atoms with Crippen molar-refractivity contribution >= 4 is 0 Å². The Morgan fingerprint density at radius 2 is 1.69 bits per heavy atom. The fourth-order valence-electron chi connectivity index (χ4n) is 3.47. The van der Waals surface area contributed by atoms with E-state index >= 15 is 0 Å². The summed E-state index contributed by atoms with van der Waals surface area (Å²) in [6, 6.07) is 0. The number of hydrogen-bond donors (Lipinski definition) is 0. The summed E-state index contributed by atoms with van der Waals surface area (Å²) in [6.07, 6.45) is 15.3. The van der Waals surface area contributed by atoms with Crippen molar-refractivity contribution in [3.8, 4) is 0 Å².